The Labute approximate surface area is 295 Å². The second-order valence-electron chi connectivity index (χ2n) is 11.9. The number of aromatic nitrogens is 2. The Morgan fingerprint density at radius 3 is 1.06 bits per heavy atom. The number of pyridine rings is 2. The van der Waals surface area contributed by atoms with Gasteiger partial charge in [-0.3, -0.25) is 0 Å². The van der Waals surface area contributed by atoms with Crippen LogP contribution >= 0.6 is 47.0 Å². The Balaban J connectivity index is 1.27. The van der Waals surface area contributed by atoms with Crippen LogP contribution in [-0.2, 0) is 0 Å². The van der Waals surface area contributed by atoms with E-state index in [-0.39, 0.29) is 13.4 Å². The molecule has 12 heteroatoms. The van der Waals surface area contributed by atoms with Crippen molar-refractivity contribution in [1.82, 2.24) is 9.97 Å². The summed E-state index contributed by atoms with van der Waals surface area (Å²) in [5.41, 5.74) is 9.23. The van der Waals surface area contributed by atoms with Gasteiger partial charge in [-0.15, -0.1) is 0 Å². The third-order valence-electron chi connectivity index (χ3n) is 9.56. The van der Waals surface area contributed by atoms with Gasteiger partial charge in [-0.2, -0.15) is 0 Å². The molecule has 0 N–H and O–H groups in total. The van der Waals surface area contributed by atoms with Crippen LogP contribution in [0.1, 0.15) is 0 Å². The van der Waals surface area contributed by atoms with Crippen molar-refractivity contribution in [2.45, 2.75) is 39.4 Å². The average Bonchev–Trinajstić information content (AvgIpc) is 3.13. The van der Waals surface area contributed by atoms with Crippen LogP contribution in [0.3, 0.4) is 0 Å². The molecular weight excluding hydrogens is 674 g/mol. The molecule has 0 unspecified atom stereocenters. The second kappa shape index (κ2) is 10.8. The largest absolute Gasteiger partial charge is 0.497 e. The van der Waals surface area contributed by atoms with Gasteiger partial charge in [0.15, 0.2) is 0 Å². The Bertz CT molecular complexity index is 2210. The van der Waals surface area contributed by atoms with Gasteiger partial charge < -0.3 is 18.9 Å². The van der Waals surface area contributed by atoms with Crippen LogP contribution in [0.5, 0.6) is 23.0 Å². The molecule has 0 aliphatic carbocycles. The Hall–Kier alpha value is -3.83. The summed E-state index contributed by atoms with van der Waals surface area (Å²) in [6, 6.07) is 25.6. The summed E-state index contributed by atoms with van der Waals surface area (Å²) in [6.45, 7) is -0.0403. The summed E-state index contributed by atoms with van der Waals surface area (Å²) in [6.07, 6.45) is 0. The van der Waals surface area contributed by atoms with Crippen molar-refractivity contribution in [1.29, 1.82) is 0 Å². The summed E-state index contributed by atoms with van der Waals surface area (Å²) in [5, 5.41) is 2.06. The lowest BCUT2D eigenvalue weighted by atomic mass is 9.36. The number of fused-ring (bicyclic) bond motifs is 11. The van der Waals surface area contributed by atoms with Gasteiger partial charge in [0.1, 0.15) is 34.0 Å². The molecule has 2 aromatic heterocycles. The highest BCUT2D eigenvalue weighted by Crippen LogP contribution is 2.46. The maximum atomic E-state index is 5.72. The average molecular weight is 698 g/mol. The predicted molar refractivity (Wildman–Crippen MR) is 197 cm³/mol. The summed E-state index contributed by atoms with van der Waals surface area (Å²) in [5.74, 6) is 3.38. The van der Waals surface area contributed by atoms with Crippen LogP contribution in [0.15, 0.2) is 112 Å². The zero-order valence-electron chi connectivity index (χ0n) is 26.2. The molecule has 232 valence electrons. The number of methoxy groups -OCH3 is 4. The highest BCUT2D eigenvalue weighted by atomic mass is 32.2. The van der Waals surface area contributed by atoms with Gasteiger partial charge in [-0.1, -0.05) is 68.9 Å². The fraction of sp³-hybridized carbons (Fsp3) is 0.111. The van der Waals surface area contributed by atoms with Crippen molar-refractivity contribution in [3.05, 3.63) is 72.8 Å². The molecule has 0 saturated carbocycles. The van der Waals surface area contributed by atoms with Crippen molar-refractivity contribution >= 4 is 104 Å². The molecule has 10 rings (SSSR count). The van der Waals surface area contributed by atoms with Crippen molar-refractivity contribution in [2.24, 2.45) is 0 Å². The molecule has 0 fully saturated rings. The fourth-order valence-corrected chi connectivity index (χ4v) is 12.1. The lowest BCUT2D eigenvalue weighted by Crippen LogP contribution is -2.59. The summed E-state index contributed by atoms with van der Waals surface area (Å²) >= 11 is 7.08. The van der Waals surface area contributed by atoms with E-state index in [4.69, 9.17) is 28.9 Å². The van der Waals surface area contributed by atoms with Crippen molar-refractivity contribution in [2.75, 3.05) is 28.4 Å². The maximum absolute atomic E-state index is 5.72. The standard InChI is InChI=1S/C36H24B2N2O4S4/c1-41-17-5-9-25-21(13-17)37-23-15-19(43-3)7-11-27(23)47-35-29(37)33(45-25)31-32(39-35)34-30-36(40-31)48-28-12-8-20(44-4)16-24(28)38(30)22-14-18(42-2)6-10-26(22)46-34/h5-16H,1-4H3. The first-order valence-corrected chi connectivity index (χ1v) is 18.7. The van der Waals surface area contributed by atoms with Crippen LogP contribution in [0.25, 0.3) is 11.0 Å². The van der Waals surface area contributed by atoms with E-state index in [9.17, 15) is 0 Å². The molecule has 6 heterocycles. The molecule has 6 nitrogen and oxygen atoms in total. The molecule has 6 aromatic rings. The van der Waals surface area contributed by atoms with Crippen LogP contribution < -0.4 is 51.7 Å². The molecule has 0 spiro atoms. The van der Waals surface area contributed by atoms with E-state index in [1.165, 1.54) is 62.1 Å². The lowest BCUT2D eigenvalue weighted by molar-refractivity contribution is 0.414. The maximum Gasteiger partial charge on any atom is 0.249 e. The molecule has 48 heavy (non-hydrogen) atoms. The first-order valence-electron chi connectivity index (χ1n) is 15.4. The fourth-order valence-electron chi connectivity index (χ4n) is 7.34. The summed E-state index contributed by atoms with van der Waals surface area (Å²) in [4.78, 5) is 18.2. The Morgan fingerprint density at radius 1 is 0.438 bits per heavy atom. The molecule has 4 aliphatic heterocycles. The minimum absolute atomic E-state index is 0.0202. The van der Waals surface area contributed by atoms with Gasteiger partial charge >= 0.3 is 0 Å². The molecule has 0 amide bonds. The molecule has 0 saturated heterocycles. The predicted octanol–water partition coefficient (Wildman–Crippen LogP) is 4.56. The molecular formula is C36H24B2N2O4S4. The van der Waals surface area contributed by atoms with Crippen molar-refractivity contribution in [3.8, 4) is 23.0 Å². The Kier molecular flexibility index (Phi) is 6.57. The van der Waals surface area contributed by atoms with E-state index in [1.807, 2.05) is 12.1 Å². The first-order chi connectivity index (χ1) is 23.6. The number of hydrogen-bond donors (Lipinski definition) is 0. The topological polar surface area (TPSA) is 62.7 Å². The lowest BCUT2D eigenvalue weighted by Gasteiger charge is -2.35. The van der Waals surface area contributed by atoms with Crippen LogP contribution in [0.2, 0.25) is 0 Å². The highest BCUT2D eigenvalue weighted by Gasteiger charge is 2.44. The minimum atomic E-state index is -0.0202. The SMILES string of the molecule is COc1ccc2c(c1)B1c3cc(OC)ccc3Sc3c1c(nc1c4c5c(nc31)Sc1ccc(OC)cc1B5c1cc(OC)ccc1S4)S2. The molecule has 4 aromatic carbocycles. The van der Waals surface area contributed by atoms with Gasteiger partial charge in [0.25, 0.3) is 0 Å². The number of nitrogens with zero attached hydrogens (tertiary/aromatic N) is 2. The van der Waals surface area contributed by atoms with Gasteiger partial charge in [0, 0.05) is 29.4 Å². The Morgan fingerprint density at radius 2 is 0.750 bits per heavy atom. The zero-order chi connectivity index (χ0) is 32.3. The first kappa shape index (κ1) is 29.1. The van der Waals surface area contributed by atoms with Gasteiger partial charge in [-0.25, -0.2) is 9.97 Å². The van der Waals surface area contributed by atoms with Gasteiger partial charge in [-0.05, 0) is 83.7 Å². The third-order valence-corrected chi connectivity index (χ3v) is 14.2. The molecule has 4 aliphatic rings. The number of ether oxygens (including phenoxy) is 4. The normalized spacial score (nSPS) is 14.2. The van der Waals surface area contributed by atoms with E-state index in [1.54, 1.807) is 75.5 Å². The smallest absolute Gasteiger partial charge is 0.249 e. The molecule has 0 radical (unpaired) electrons. The van der Waals surface area contributed by atoms with Crippen LogP contribution in [0.4, 0.5) is 0 Å². The van der Waals surface area contributed by atoms with Crippen molar-refractivity contribution < 1.29 is 18.9 Å². The number of rotatable bonds is 4. The van der Waals surface area contributed by atoms with Crippen LogP contribution in [-0.4, -0.2) is 51.8 Å². The van der Waals surface area contributed by atoms with E-state index in [0.717, 1.165) is 44.1 Å². The molecule has 0 atom stereocenters. The molecule has 0 bridgehead atoms. The van der Waals surface area contributed by atoms with E-state index >= 15 is 0 Å². The number of hydrogen-bond acceptors (Lipinski definition) is 10. The van der Waals surface area contributed by atoms with Gasteiger partial charge in [0.05, 0.1) is 38.5 Å². The van der Waals surface area contributed by atoms with Crippen LogP contribution in [0, 0.1) is 0 Å². The van der Waals surface area contributed by atoms with E-state index in [0.29, 0.717) is 0 Å². The summed E-state index contributed by atoms with van der Waals surface area (Å²) < 4.78 is 22.9. The quantitative estimate of drug-likeness (QED) is 0.245. The van der Waals surface area contributed by atoms with Gasteiger partial charge in [0.2, 0.25) is 13.4 Å². The third kappa shape index (κ3) is 4.09. The zero-order valence-corrected chi connectivity index (χ0v) is 29.5. The monoisotopic (exact) mass is 698 g/mol. The highest BCUT2D eigenvalue weighted by molar-refractivity contribution is 8.02. The van der Waals surface area contributed by atoms with Crippen molar-refractivity contribution in [3.63, 3.8) is 0 Å². The van der Waals surface area contributed by atoms with E-state index < -0.39 is 0 Å². The second-order valence-corrected chi connectivity index (χ2v) is 16.1. The minimum Gasteiger partial charge on any atom is -0.497 e. The summed E-state index contributed by atoms with van der Waals surface area (Å²) in [7, 11) is 6.90. The number of benzene rings is 4. The van der Waals surface area contributed by atoms with E-state index in [2.05, 4.69) is 60.7 Å².